The van der Waals surface area contributed by atoms with E-state index in [-0.39, 0.29) is 65.1 Å². The van der Waals surface area contributed by atoms with Crippen molar-refractivity contribution in [2.75, 3.05) is 11.9 Å². The number of aliphatic hydroxyl groups is 2. The van der Waals surface area contributed by atoms with E-state index in [0.717, 1.165) is 5.56 Å². The lowest BCUT2D eigenvalue weighted by molar-refractivity contribution is -0.248. The molecule has 3 aliphatic rings. The number of aromatic hydroxyl groups is 2. The molecule has 244 valence electrons. The van der Waals surface area contributed by atoms with Gasteiger partial charge in [-0.1, -0.05) is 42.0 Å². The number of aryl methyl sites for hydroxylation is 1. The van der Waals surface area contributed by atoms with Crippen LogP contribution in [0.1, 0.15) is 74.4 Å². The predicted molar refractivity (Wildman–Crippen MR) is 167 cm³/mol. The van der Waals surface area contributed by atoms with E-state index < -0.39 is 72.0 Å². The second-order valence-electron chi connectivity index (χ2n) is 12.0. The number of ketones is 2. The number of rotatable bonds is 5. The average Bonchev–Trinajstić information content (AvgIpc) is 3.00. The van der Waals surface area contributed by atoms with Crippen LogP contribution in [0, 0.1) is 6.92 Å². The third kappa shape index (κ3) is 5.95. The number of nitrogens with one attached hydrogen (secondary N) is 1. The number of anilines is 1. The maximum absolute atomic E-state index is 13.6. The van der Waals surface area contributed by atoms with E-state index in [1.54, 1.807) is 31.2 Å². The molecule has 3 aromatic carbocycles. The molecule has 0 spiro atoms. The van der Waals surface area contributed by atoms with Gasteiger partial charge in [0.2, 0.25) is 0 Å². The Kier molecular flexibility index (Phi) is 9.15. The summed E-state index contributed by atoms with van der Waals surface area (Å²) in [7, 11) is 0. The van der Waals surface area contributed by atoms with E-state index in [4.69, 9.17) is 19.9 Å². The first-order valence-corrected chi connectivity index (χ1v) is 14.6. The number of benzene rings is 3. The highest BCUT2D eigenvalue weighted by atomic mass is 35.5. The smallest absolute Gasteiger partial charge is 0.411 e. The zero-order valence-corrected chi connectivity index (χ0v) is 25.9. The summed E-state index contributed by atoms with van der Waals surface area (Å²) in [5, 5.41) is 47.7. The largest absolute Gasteiger partial charge is 0.507 e. The molecule has 6 rings (SSSR count). The fourth-order valence-electron chi connectivity index (χ4n) is 6.33. The molecule has 7 N–H and O–H groups in total. The number of nitrogens with two attached hydrogens (primary N) is 1. The van der Waals surface area contributed by atoms with Gasteiger partial charge in [-0.25, -0.2) is 4.79 Å². The average molecular weight is 655 g/mol. The standard InChI is InChI=1S/C33H34N2O10.ClH/c1-15-7-9-17(10-8-15)35-32(41)43-14-33(42)12-20-24(22(13-33)45-23-11-21(34)27(36)16(2)44-23)31(40)26-25(30(20)39)28(37)18-5-3-4-6-19(18)29(26)38;/h3-10,16,21-23,27,36,39-40,42H,11-14,34H2,1-2H3,(H,35,41);1H/t16-,21-,22-,23-,27-,33-;/m0./s1. The van der Waals surface area contributed by atoms with Gasteiger partial charge >= 0.3 is 6.09 Å². The first kappa shape index (κ1) is 33.3. The summed E-state index contributed by atoms with van der Waals surface area (Å²) in [6.07, 6.45) is -5.24. The van der Waals surface area contributed by atoms with E-state index in [1.165, 1.54) is 12.1 Å². The number of hydrogen-bond donors (Lipinski definition) is 6. The first-order chi connectivity index (χ1) is 21.4. The Morgan fingerprint density at radius 3 is 2.26 bits per heavy atom. The van der Waals surface area contributed by atoms with Crippen molar-refractivity contribution in [2.24, 2.45) is 5.73 Å². The Hall–Kier alpha value is -4.04. The summed E-state index contributed by atoms with van der Waals surface area (Å²) >= 11 is 0. The van der Waals surface area contributed by atoms with E-state index in [0.29, 0.717) is 5.69 Å². The molecule has 6 atom stereocenters. The molecule has 1 aliphatic heterocycles. The summed E-state index contributed by atoms with van der Waals surface area (Å²) in [5.41, 5.74) is 5.07. The molecule has 1 saturated heterocycles. The second-order valence-corrected chi connectivity index (χ2v) is 12.0. The number of ether oxygens (including phenoxy) is 3. The van der Waals surface area contributed by atoms with Gasteiger partial charge in [-0.3, -0.25) is 14.9 Å². The van der Waals surface area contributed by atoms with Crippen LogP contribution in [0.3, 0.4) is 0 Å². The minimum absolute atomic E-state index is 0. The number of amides is 1. The maximum atomic E-state index is 13.6. The summed E-state index contributed by atoms with van der Waals surface area (Å²) in [6.45, 7) is 2.97. The molecule has 0 bridgehead atoms. The lowest BCUT2D eigenvalue weighted by atomic mass is 9.73. The molecule has 0 aromatic heterocycles. The molecule has 1 fully saturated rings. The van der Waals surface area contributed by atoms with Crippen molar-refractivity contribution < 1.29 is 49.0 Å². The third-order valence-electron chi connectivity index (χ3n) is 8.69. The van der Waals surface area contributed by atoms with Crippen molar-refractivity contribution in [3.05, 3.63) is 87.5 Å². The van der Waals surface area contributed by atoms with Crippen LogP contribution >= 0.6 is 12.4 Å². The van der Waals surface area contributed by atoms with Crippen molar-refractivity contribution >= 4 is 35.8 Å². The zero-order valence-electron chi connectivity index (χ0n) is 25.1. The molecule has 3 aromatic rings. The van der Waals surface area contributed by atoms with Crippen LogP contribution < -0.4 is 11.1 Å². The van der Waals surface area contributed by atoms with Crippen LogP contribution in [0.15, 0.2) is 48.5 Å². The number of phenols is 2. The highest BCUT2D eigenvalue weighted by Gasteiger charge is 2.48. The Morgan fingerprint density at radius 2 is 1.65 bits per heavy atom. The molecule has 1 amide bonds. The fourth-order valence-corrected chi connectivity index (χ4v) is 6.33. The molecule has 1 heterocycles. The van der Waals surface area contributed by atoms with E-state index in [9.17, 15) is 34.8 Å². The van der Waals surface area contributed by atoms with Gasteiger partial charge in [0.15, 0.2) is 17.9 Å². The summed E-state index contributed by atoms with van der Waals surface area (Å²) in [4.78, 5) is 39.7. The molecule has 0 radical (unpaired) electrons. The van der Waals surface area contributed by atoms with Crippen LogP contribution in [0.5, 0.6) is 11.5 Å². The normalized spacial score (nSPS) is 26.7. The number of carbonyl (C=O) groups is 3. The number of aliphatic hydroxyl groups excluding tert-OH is 1. The fraction of sp³-hybridized carbons (Fsp3) is 0.364. The van der Waals surface area contributed by atoms with Gasteiger partial charge in [-0.05, 0) is 26.0 Å². The van der Waals surface area contributed by atoms with E-state index >= 15 is 0 Å². The molecular formula is C33H35ClN2O10. The van der Waals surface area contributed by atoms with E-state index in [2.05, 4.69) is 5.32 Å². The predicted octanol–water partition coefficient (Wildman–Crippen LogP) is 3.41. The number of carbonyl (C=O) groups excluding carboxylic acids is 3. The number of hydrogen-bond acceptors (Lipinski definition) is 11. The molecular weight excluding hydrogens is 620 g/mol. The lowest BCUT2D eigenvalue weighted by Gasteiger charge is -2.42. The van der Waals surface area contributed by atoms with Gasteiger partial charge in [-0.2, -0.15) is 0 Å². The quantitative estimate of drug-likeness (QED) is 0.172. The highest BCUT2D eigenvalue weighted by molar-refractivity contribution is 6.30. The van der Waals surface area contributed by atoms with Crippen LogP contribution in [-0.4, -0.2) is 74.8 Å². The minimum atomic E-state index is -1.85. The van der Waals surface area contributed by atoms with Crippen molar-refractivity contribution in [1.82, 2.24) is 0 Å². The summed E-state index contributed by atoms with van der Waals surface area (Å²) in [6, 6.07) is 12.4. The van der Waals surface area contributed by atoms with E-state index in [1.807, 2.05) is 19.1 Å². The van der Waals surface area contributed by atoms with Gasteiger partial charge in [0, 0.05) is 53.2 Å². The molecule has 2 aliphatic carbocycles. The lowest BCUT2D eigenvalue weighted by Crippen LogP contribution is -2.52. The molecule has 0 unspecified atom stereocenters. The van der Waals surface area contributed by atoms with Gasteiger partial charge in [0.25, 0.3) is 0 Å². The van der Waals surface area contributed by atoms with Crippen LogP contribution in [0.2, 0.25) is 0 Å². The van der Waals surface area contributed by atoms with Crippen molar-refractivity contribution in [3.63, 3.8) is 0 Å². The Morgan fingerprint density at radius 1 is 1.04 bits per heavy atom. The van der Waals surface area contributed by atoms with Gasteiger partial charge in [0.05, 0.1) is 29.4 Å². The number of phenolic OH excluding ortho intramolecular Hbond substituents is 2. The maximum Gasteiger partial charge on any atom is 0.411 e. The molecule has 13 heteroatoms. The Balaban J connectivity index is 0.00000417. The van der Waals surface area contributed by atoms with Crippen LogP contribution in [0.25, 0.3) is 0 Å². The zero-order chi connectivity index (χ0) is 32.2. The van der Waals surface area contributed by atoms with Crippen molar-refractivity contribution in [3.8, 4) is 11.5 Å². The second kappa shape index (κ2) is 12.6. The molecule has 12 nitrogen and oxygen atoms in total. The highest BCUT2D eigenvalue weighted by Crippen LogP contribution is 2.52. The van der Waals surface area contributed by atoms with Crippen LogP contribution in [-0.2, 0) is 20.6 Å². The number of fused-ring (bicyclic) bond motifs is 3. The molecule has 46 heavy (non-hydrogen) atoms. The Bertz CT molecular complexity index is 1680. The minimum Gasteiger partial charge on any atom is -0.507 e. The number of halogens is 1. The van der Waals surface area contributed by atoms with Crippen molar-refractivity contribution in [1.29, 1.82) is 0 Å². The molecule has 0 saturated carbocycles. The monoisotopic (exact) mass is 654 g/mol. The summed E-state index contributed by atoms with van der Waals surface area (Å²) < 4.78 is 17.4. The van der Waals surface area contributed by atoms with Gasteiger partial charge in [-0.15, -0.1) is 12.4 Å². The Labute approximate surface area is 270 Å². The van der Waals surface area contributed by atoms with Crippen molar-refractivity contribution in [2.45, 2.75) is 69.4 Å². The van der Waals surface area contributed by atoms with Crippen LogP contribution in [0.4, 0.5) is 10.5 Å². The SMILES string of the molecule is Cc1ccc(NC(=O)OC[C@]2(O)Cc3c(O)c4c(c(O)c3[C@@H](O[C@H]3C[C@H](N)[C@@H](O)[C@H](C)O3)C2)C(=O)c2ccccc2C4=O)cc1.Cl. The van der Waals surface area contributed by atoms with Gasteiger partial charge in [0.1, 0.15) is 23.7 Å². The topological polar surface area (TPSA) is 198 Å². The third-order valence-corrected chi connectivity index (χ3v) is 8.69. The van der Waals surface area contributed by atoms with Gasteiger partial charge < -0.3 is 40.4 Å². The first-order valence-electron chi connectivity index (χ1n) is 14.6. The summed E-state index contributed by atoms with van der Waals surface area (Å²) in [5.74, 6) is -2.48.